The van der Waals surface area contributed by atoms with Crippen molar-refractivity contribution < 1.29 is 9.52 Å². The van der Waals surface area contributed by atoms with Gasteiger partial charge in [-0.15, -0.1) is 0 Å². The number of aliphatic hydroxyl groups excluding tert-OH is 1. The van der Waals surface area contributed by atoms with Crippen LogP contribution < -0.4 is 5.32 Å². The van der Waals surface area contributed by atoms with E-state index >= 15 is 0 Å². The number of aliphatic hydroxyl groups is 1. The molecular formula is C12H21NO2. The molecule has 0 bridgehead atoms. The lowest BCUT2D eigenvalue weighted by atomic mass is 9.94. The van der Waals surface area contributed by atoms with E-state index in [1.807, 2.05) is 26.8 Å². The largest absolute Gasteiger partial charge is 0.467 e. The third-order valence-corrected chi connectivity index (χ3v) is 2.61. The number of aryl methyl sites for hydroxylation is 1. The van der Waals surface area contributed by atoms with Crippen LogP contribution in [0.15, 0.2) is 16.7 Å². The average Bonchev–Trinajstić information content (AvgIpc) is 2.61. The van der Waals surface area contributed by atoms with Crippen molar-refractivity contribution in [3.05, 3.63) is 23.7 Å². The lowest BCUT2D eigenvalue weighted by Gasteiger charge is -2.24. The van der Waals surface area contributed by atoms with Gasteiger partial charge in [0.15, 0.2) is 0 Å². The second-order valence-corrected chi connectivity index (χ2v) is 4.89. The zero-order valence-electron chi connectivity index (χ0n) is 10.0. The molecule has 0 fully saturated rings. The molecule has 1 atom stereocenters. The number of nitrogens with one attached hydrogen (secondary N) is 1. The van der Waals surface area contributed by atoms with Gasteiger partial charge in [0, 0.05) is 18.6 Å². The molecule has 1 heterocycles. The highest BCUT2D eigenvalue weighted by molar-refractivity contribution is 5.17. The smallest absolute Gasteiger partial charge is 0.123 e. The first-order valence-corrected chi connectivity index (χ1v) is 5.34. The summed E-state index contributed by atoms with van der Waals surface area (Å²) in [5, 5.41) is 12.5. The molecule has 0 aromatic carbocycles. The highest BCUT2D eigenvalue weighted by Gasteiger charge is 2.19. The Labute approximate surface area is 91.5 Å². The molecule has 15 heavy (non-hydrogen) atoms. The van der Waals surface area contributed by atoms with E-state index in [1.54, 1.807) is 6.26 Å². The van der Waals surface area contributed by atoms with Crippen molar-refractivity contribution in [2.45, 2.75) is 33.7 Å². The fraction of sp³-hybridized carbons (Fsp3) is 0.667. The maximum absolute atomic E-state index is 9.13. The van der Waals surface area contributed by atoms with E-state index in [0.29, 0.717) is 0 Å². The third kappa shape index (κ3) is 3.36. The van der Waals surface area contributed by atoms with Crippen molar-refractivity contribution >= 4 is 0 Å². The molecule has 1 aromatic heterocycles. The van der Waals surface area contributed by atoms with Crippen LogP contribution in [0.1, 0.15) is 38.1 Å². The molecule has 1 aromatic rings. The van der Waals surface area contributed by atoms with Crippen molar-refractivity contribution in [2.24, 2.45) is 5.41 Å². The van der Waals surface area contributed by atoms with Crippen LogP contribution in [0.5, 0.6) is 0 Å². The lowest BCUT2D eigenvalue weighted by Crippen LogP contribution is -2.33. The van der Waals surface area contributed by atoms with Gasteiger partial charge in [-0.25, -0.2) is 0 Å². The number of furan rings is 1. The Morgan fingerprint density at radius 2 is 2.20 bits per heavy atom. The van der Waals surface area contributed by atoms with Gasteiger partial charge >= 0.3 is 0 Å². The quantitative estimate of drug-likeness (QED) is 0.785. The lowest BCUT2D eigenvalue weighted by molar-refractivity contribution is 0.152. The predicted molar refractivity (Wildman–Crippen MR) is 60.7 cm³/mol. The first-order valence-electron chi connectivity index (χ1n) is 5.34. The summed E-state index contributed by atoms with van der Waals surface area (Å²) < 4.78 is 5.40. The van der Waals surface area contributed by atoms with Gasteiger partial charge in [0.1, 0.15) is 5.76 Å². The van der Waals surface area contributed by atoms with Crippen molar-refractivity contribution in [1.82, 2.24) is 5.32 Å². The van der Waals surface area contributed by atoms with Gasteiger partial charge in [-0.2, -0.15) is 0 Å². The molecule has 86 valence electrons. The standard InChI is InChI=1S/C12H21NO2/c1-9-5-6-15-11(9)10(2)13-7-12(3,4)8-14/h5-6,10,13-14H,7-8H2,1-4H3. The molecule has 0 radical (unpaired) electrons. The predicted octanol–water partition coefficient (Wildman–Crippen LogP) is 2.26. The van der Waals surface area contributed by atoms with E-state index in [4.69, 9.17) is 9.52 Å². The van der Waals surface area contributed by atoms with Crippen molar-refractivity contribution in [3.63, 3.8) is 0 Å². The molecule has 3 nitrogen and oxygen atoms in total. The molecule has 0 aliphatic rings. The maximum Gasteiger partial charge on any atom is 0.123 e. The summed E-state index contributed by atoms with van der Waals surface area (Å²) >= 11 is 0. The zero-order valence-corrected chi connectivity index (χ0v) is 10.0. The van der Waals surface area contributed by atoms with Crippen LogP contribution >= 0.6 is 0 Å². The summed E-state index contributed by atoms with van der Waals surface area (Å²) in [6.45, 7) is 9.12. The average molecular weight is 211 g/mol. The number of hydrogen-bond acceptors (Lipinski definition) is 3. The van der Waals surface area contributed by atoms with Gasteiger partial charge in [-0.3, -0.25) is 0 Å². The van der Waals surface area contributed by atoms with Crippen molar-refractivity contribution in [3.8, 4) is 0 Å². The highest BCUT2D eigenvalue weighted by atomic mass is 16.3. The third-order valence-electron chi connectivity index (χ3n) is 2.61. The van der Waals surface area contributed by atoms with Crippen LogP contribution in [-0.2, 0) is 0 Å². The monoisotopic (exact) mass is 211 g/mol. The summed E-state index contributed by atoms with van der Waals surface area (Å²) in [4.78, 5) is 0. The van der Waals surface area contributed by atoms with Crippen LogP contribution in [-0.4, -0.2) is 18.3 Å². The Kier molecular flexibility index (Phi) is 3.94. The first kappa shape index (κ1) is 12.3. The Hall–Kier alpha value is -0.800. The minimum absolute atomic E-state index is 0.0885. The maximum atomic E-state index is 9.13. The summed E-state index contributed by atoms with van der Waals surface area (Å²) in [6, 6.07) is 2.15. The molecule has 1 unspecified atom stereocenters. The SMILES string of the molecule is Cc1ccoc1C(C)NCC(C)(C)CO. The minimum atomic E-state index is -0.0885. The molecule has 0 aliphatic carbocycles. The fourth-order valence-electron chi connectivity index (χ4n) is 1.41. The molecule has 0 amide bonds. The number of hydrogen-bond donors (Lipinski definition) is 2. The van der Waals surface area contributed by atoms with Gasteiger partial charge in [0.25, 0.3) is 0 Å². The Morgan fingerprint density at radius 3 is 2.67 bits per heavy atom. The zero-order chi connectivity index (χ0) is 11.5. The number of rotatable bonds is 5. The van der Waals surface area contributed by atoms with Gasteiger partial charge in [-0.1, -0.05) is 13.8 Å². The fourth-order valence-corrected chi connectivity index (χ4v) is 1.41. The van der Waals surface area contributed by atoms with E-state index in [-0.39, 0.29) is 18.1 Å². The van der Waals surface area contributed by atoms with Crippen LogP contribution in [0.4, 0.5) is 0 Å². The molecule has 2 N–H and O–H groups in total. The van der Waals surface area contributed by atoms with E-state index in [1.165, 1.54) is 0 Å². The van der Waals surface area contributed by atoms with Crippen LogP contribution in [0.25, 0.3) is 0 Å². The van der Waals surface area contributed by atoms with Gasteiger partial charge in [0.2, 0.25) is 0 Å². The summed E-state index contributed by atoms with van der Waals surface area (Å²) in [5.41, 5.74) is 1.08. The minimum Gasteiger partial charge on any atom is -0.467 e. The van der Waals surface area contributed by atoms with Crippen LogP contribution in [0.3, 0.4) is 0 Å². The van der Waals surface area contributed by atoms with Gasteiger partial charge in [0.05, 0.1) is 12.3 Å². The van der Waals surface area contributed by atoms with Crippen LogP contribution in [0.2, 0.25) is 0 Å². The Morgan fingerprint density at radius 1 is 1.53 bits per heavy atom. The first-order chi connectivity index (χ1) is 6.96. The molecule has 3 heteroatoms. The Balaban J connectivity index is 2.50. The summed E-state index contributed by atoms with van der Waals surface area (Å²) in [5.74, 6) is 0.976. The van der Waals surface area contributed by atoms with Crippen molar-refractivity contribution in [2.75, 3.05) is 13.2 Å². The second-order valence-electron chi connectivity index (χ2n) is 4.89. The van der Waals surface area contributed by atoms with E-state index < -0.39 is 0 Å². The van der Waals surface area contributed by atoms with E-state index in [9.17, 15) is 0 Å². The highest BCUT2D eigenvalue weighted by Crippen LogP contribution is 2.20. The molecular weight excluding hydrogens is 190 g/mol. The summed E-state index contributed by atoms with van der Waals surface area (Å²) in [6.07, 6.45) is 1.71. The molecule has 0 aliphatic heterocycles. The topological polar surface area (TPSA) is 45.4 Å². The van der Waals surface area contributed by atoms with Gasteiger partial charge in [-0.05, 0) is 25.5 Å². The van der Waals surface area contributed by atoms with Crippen LogP contribution in [0, 0.1) is 12.3 Å². The van der Waals surface area contributed by atoms with Gasteiger partial charge < -0.3 is 14.8 Å². The molecule has 1 rings (SSSR count). The van der Waals surface area contributed by atoms with E-state index in [0.717, 1.165) is 17.9 Å². The van der Waals surface area contributed by atoms with Crippen molar-refractivity contribution in [1.29, 1.82) is 0 Å². The second kappa shape index (κ2) is 4.81. The molecule has 0 spiro atoms. The molecule has 0 saturated heterocycles. The normalized spacial score (nSPS) is 14.2. The summed E-state index contributed by atoms with van der Waals surface area (Å²) in [7, 11) is 0. The Bertz CT molecular complexity index is 304. The molecule has 0 saturated carbocycles. The van der Waals surface area contributed by atoms with E-state index in [2.05, 4.69) is 12.2 Å².